The van der Waals surface area contributed by atoms with Gasteiger partial charge in [0.1, 0.15) is 0 Å². The van der Waals surface area contributed by atoms with Gasteiger partial charge in [0, 0.05) is 45.7 Å². The molecule has 1 heterocycles. The quantitative estimate of drug-likeness (QED) is 0.648. The molecule has 86 valence electrons. The number of rotatable bonds is 8. The predicted octanol–water partition coefficient (Wildman–Crippen LogP) is -0.210. The zero-order valence-electron chi connectivity index (χ0n) is 9.30. The summed E-state index contributed by atoms with van der Waals surface area (Å²) in [6.45, 7) is 5.13. The molecule has 15 heavy (non-hydrogen) atoms. The number of aromatic nitrogens is 2. The van der Waals surface area contributed by atoms with Crippen LogP contribution in [0.2, 0.25) is 0 Å². The molecule has 5 nitrogen and oxygen atoms in total. The minimum Gasteiger partial charge on any atom is -0.383 e. The molecule has 0 aromatic carbocycles. The Morgan fingerprint density at radius 2 is 2.27 bits per heavy atom. The number of nitrogens with zero attached hydrogens (tertiary/aromatic N) is 3. The third-order valence-corrected chi connectivity index (χ3v) is 2.26. The van der Waals surface area contributed by atoms with E-state index in [9.17, 15) is 0 Å². The Labute approximate surface area is 90.8 Å². The van der Waals surface area contributed by atoms with Crippen LogP contribution in [0.25, 0.3) is 0 Å². The summed E-state index contributed by atoms with van der Waals surface area (Å²) in [4.78, 5) is 2.28. The molecular formula is C10H20N4O. The molecule has 0 atom stereocenters. The lowest BCUT2D eigenvalue weighted by atomic mass is 10.4. The molecule has 0 fully saturated rings. The predicted molar refractivity (Wildman–Crippen MR) is 59.6 cm³/mol. The molecule has 2 N–H and O–H groups in total. The van der Waals surface area contributed by atoms with E-state index in [1.807, 2.05) is 16.9 Å². The standard InChI is InChI=1S/C10H20N4O/c1-15-10-9-13(6-3-11)7-8-14-5-2-4-12-14/h2,4-5H,3,6-11H2,1H3. The second-order valence-electron chi connectivity index (χ2n) is 3.39. The van der Waals surface area contributed by atoms with Crippen molar-refractivity contribution in [3.63, 3.8) is 0 Å². The number of hydrogen-bond acceptors (Lipinski definition) is 4. The maximum atomic E-state index is 5.55. The lowest BCUT2D eigenvalue weighted by molar-refractivity contribution is 0.146. The van der Waals surface area contributed by atoms with Gasteiger partial charge in [-0.3, -0.25) is 9.58 Å². The van der Waals surface area contributed by atoms with Crippen molar-refractivity contribution in [1.82, 2.24) is 14.7 Å². The van der Waals surface area contributed by atoms with Gasteiger partial charge in [0.05, 0.1) is 13.2 Å². The van der Waals surface area contributed by atoms with Crippen molar-refractivity contribution in [3.05, 3.63) is 18.5 Å². The average Bonchev–Trinajstić information content (AvgIpc) is 2.75. The minimum absolute atomic E-state index is 0.683. The molecule has 0 aliphatic rings. The van der Waals surface area contributed by atoms with E-state index in [0.29, 0.717) is 6.54 Å². The van der Waals surface area contributed by atoms with E-state index in [1.165, 1.54) is 0 Å². The Bertz CT molecular complexity index is 238. The van der Waals surface area contributed by atoms with E-state index in [0.717, 1.165) is 32.8 Å². The van der Waals surface area contributed by atoms with Crippen molar-refractivity contribution in [2.45, 2.75) is 6.54 Å². The van der Waals surface area contributed by atoms with Gasteiger partial charge < -0.3 is 10.5 Å². The van der Waals surface area contributed by atoms with Gasteiger partial charge >= 0.3 is 0 Å². The SMILES string of the molecule is COCCN(CCN)CCn1cccn1. The van der Waals surface area contributed by atoms with Crippen molar-refractivity contribution < 1.29 is 4.74 Å². The minimum atomic E-state index is 0.683. The van der Waals surface area contributed by atoms with Crippen molar-refractivity contribution in [1.29, 1.82) is 0 Å². The number of hydrogen-bond donors (Lipinski definition) is 1. The van der Waals surface area contributed by atoms with Gasteiger partial charge in [0.15, 0.2) is 0 Å². The van der Waals surface area contributed by atoms with Crippen LogP contribution in [0.1, 0.15) is 0 Å². The Morgan fingerprint density at radius 1 is 1.40 bits per heavy atom. The van der Waals surface area contributed by atoms with E-state index in [1.54, 1.807) is 13.3 Å². The van der Waals surface area contributed by atoms with E-state index >= 15 is 0 Å². The topological polar surface area (TPSA) is 56.3 Å². The third kappa shape index (κ3) is 4.92. The van der Waals surface area contributed by atoms with Gasteiger partial charge in [0.2, 0.25) is 0 Å². The van der Waals surface area contributed by atoms with Crippen molar-refractivity contribution >= 4 is 0 Å². The van der Waals surface area contributed by atoms with Crippen LogP contribution in [0.3, 0.4) is 0 Å². The highest BCUT2D eigenvalue weighted by Crippen LogP contribution is 1.91. The molecule has 1 rings (SSSR count). The van der Waals surface area contributed by atoms with Gasteiger partial charge in [-0.05, 0) is 6.07 Å². The molecule has 0 saturated carbocycles. The molecule has 0 saturated heterocycles. The van der Waals surface area contributed by atoms with Crippen LogP contribution < -0.4 is 5.73 Å². The van der Waals surface area contributed by atoms with Crippen LogP contribution in [-0.4, -0.2) is 54.6 Å². The van der Waals surface area contributed by atoms with E-state index in [-0.39, 0.29) is 0 Å². The summed E-state index contributed by atoms with van der Waals surface area (Å²) in [5.41, 5.74) is 5.55. The molecule has 1 aromatic heterocycles. The highest BCUT2D eigenvalue weighted by Gasteiger charge is 2.03. The molecule has 0 bridgehead atoms. The maximum Gasteiger partial charge on any atom is 0.0589 e. The number of methoxy groups -OCH3 is 1. The molecule has 5 heteroatoms. The first-order valence-electron chi connectivity index (χ1n) is 5.25. The fourth-order valence-corrected chi connectivity index (χ4v) is 1.41. The largest absolute Gasteiger partial charge is 0.383 e. The highest BCUT2D eigenvalue weighted by molar-refractivity contribution is 4.77. The Hall–Kier alpha value is -0.910. The van der Waals surface area contributed by atoms with Crippen LogP contribution in [0.5, 0.6) is 0 Å². The van der Waals surface area contributed by atoms with Crippen LogP contribution in [0, 0.1) is 0 Å². The van der Waals surface area contributed by atoms with Crippen LogP contribution >= 0.6 is 0 Å². The zero-order chi connectivity index (χ0) is 10.9. The molecule has 0 aliphatic heterocycles. The molecular weight excluding hydrogens is 192 g/mol. The van der Waals surface area contributed by atoms with Crippen LogP contribution in [0.4, 0.5) is 0 Å². The Balaban J connectivity index is 2.24. The third-order valence-electron chi connectivity index (χ3n) is 2.26. The summed E-state index contributed by atoms with van der Waals surface area (Å²) < 4.78 is 6.98. The fraction of sp³-hybridized carbons (Fsp3) is 0.700. The normalized spacial score (nSPS) is 11.1. The molecule has 1 aromatic rings. The Kier molecular flexibility index (Phi) is 5.99. The summed E-state index contributed by atoms with van der Waals surface area (Å²) in [6.07, 6.45) is 3.76. The molecule has 0 unspecified atom stereocenters. The second-order valence-corrected chi connectivity index (χ2v) is 3.39. The van der Waals surface area contributed by atoms with Crippen LogP contribution in [-0.2, 0) is 11.3 Å². The smallest absolute Gasteiger partial charge is 0.0589 e. The first-order chi connectivity index (χ1) is 7.36. The molecule has 0 radical (unpaired) electrons. The van der Waals surface area contributed by atoms with Gasteiger partial charge in [0.25, 0.3) is 0 Å². The second kappa shape index (κ2) is 7.39. The average molecular weight is 212 g/mol. The van der Waals surface area contributed by atoms with Gasteiger partial charge in [-0.1, -0.05) is 0 Å². The lowest BCUT2D eigenvalue weighted by Crippen LogP contribution is -2.35. The van der Waals surface area contributed by atoms with Crippen molar-refractivity contribution in [3.8, 4) is 0 Å². The van der Waals surface area contributed by atoms with Crippen molar-refractivity contribution in [2.24, 2.45) is 5.73 Å². The summed E-state index contributed by atoms with van der Waals surface area (Å²) in [5, 5.41) is 4.16. The first kappa shape index (κ1) is 12.2. The first-order valence-corrected chi connectivity index (χ1v) is 5.25. The van der Waals surface area contributed by atoms with E-state index in [2.05, 4.69) is 10.00 Å². The van der Waals surface area contributed by atoms with Gasteiger partial charge in [-0.25, -0.2) is 0 Å². The summed E-state index contributed by atoms with van der Waals surface area (Å²) >= 11 is 0. The van der Waals surface area contributed by atoms with E-state index < -0.39 is 0 Å². The van der Waals surface area contributed by atoms with Gasteiger partial charge in [-0.15, -0.1) is 0 Å². The Morgan fingerprint density at radius 3 is 2.87 bits per heavy atom. The molecule has 0 spiro atoms. The number of nitrogens with two attached hydrogens (primary N) is 1. The fourth-order valence-electron chi connectivity index (χ4n) is 1.41. The monoisotopic (exact) mass is 212 g/mol. The highest BCUT2D eigenvalue weighted by atomic mass is 16.5. The zero-order valence-corrected chi connectivity index (χ0v) is 9.30. The lowest BCUT2D eigenvalue weighted by Gasteiger charge is -2.20. The summed E-state index contributed by atoms with van der Waals surface area (Å²) in [5.74, 6) is 0. The molecule has 0 amide bonds. The van der Waals surface area contributed by atoms with Gasteiger partial charge in [-0.2, -0.15) is 5.10 Å². The summed E-state index contributed by atoms with van der Waals surface area (Å²) in [6, 6.07) is 1.93. The van der Waals surface area contributed by atoms with E-state index in [4.69, 9.17) is 10.5 Å². The molecule has 0 aliphatic carbocycles. The van der Waals surface area contributed by atoms with Crippen LogP contribution in [0.15, 0.2) is 18.5 Å². The van der Waals surface area contributed by atoms with Crippen molar-refractivity contribution in [2.75, 3.05) is 39.9 Å². The number of ether oxygens (including phenoxy) is 1. The maximum absolute atomic E-state index is 5.55. The summed E-state index contributed by atoms with van der Waals surface area (Å²) in [7, 11) is 1.72.